The van der Waals surface area contributed by atoms with E-state index in [2.05, 4.69) is 25.9 Å². The number of ether oxygens (including phenoxy) is 1. The normalized spacial score (nSPS) is 14.0. The van der Waals surface area contributed by atoms with Gasteiger partial charge in [0.2, 0.25) is 5.91 Å². The Bertz CT molecular complexity index is 1820. The molecule has 1 saturated heterocycles. The first kappa shape index (κ1) is 35.2. The number of aromatic nitrogens is 2. The largest absolute Gasteiger partial charge is 0.496 e. The van der Waals surface area contributed by atoms with Gasteiger partial charge in [-0.15, -0.1) is 0 Å². The predicted molar refractivity (Wildman–Crippen MR) is 185 cm³/mol. The zero-order chi connectivity index (χ0) is 34.9. The van der Waals surface area contributed by atoms with Gasteiger partial charge in [-0.3, -0.25) is 23.9 Å². The second kappa shape index (κ2) is 16.4. The number of nitrogens with zero attached hydrogens (tertiary/aromatic N) is 3. The lowest BCUT2D eigenvalue weighted by molar-refractivity contribution is -0.119. The van der Waals surface area contributed by atoms with Crippen LogP contribution in [0.4, 0.5) is 14.9 Å². The number of pyridine rings is 2. The van der Waals surface area contributed by atoms with Gasteiger partial charge < -0.3 is 30.7 Å². The second-order valence-corrected chi connectivity index (χ2v) is 12.1. The highest BCUT2D eigenvalue weighted by Gasteiger charge is 2.25. The summed E-state index contributed by atoms with van der Waals surface area (Å²) in [5.74, 6) is 0.152. The molecule has 11 nitrogen and oxygen atoms in total. The van der Waals surface area contributed by atoms with Gasteiger partial charge in [-0.1, -0.05) is 41.9 Å². The van der Waals surface area contributed by atoms with Crippen molar-refractivity contribution in [3.05, 3.63) is 94.4 Å². The van der Waals surface area contributed by atoms with Crippen molar-refractivity contribution in [2.45, 2.75) is 45.3 Å². The topological polar surface area (TPSA) is 146 Å². The number of anilines is 1. The minimum atomic E-state index is -1.10. The number of hydrogen-bond acceptors (Lipinski definition) is 7. The molecule has 1 aliphatic rings. The molecule has 3 amide bonds. The molecule has 2 aromatic carbocycles. The lowest BCUT2D eigenvalue weighted by Crippen LogP contribution is -2.40. The zero-order valence-corrected chi connectivity index (χ0v) is 28.0. The van der Waals surface area contributed by atoms with E-state index in [1.165, 1.54) is 11.1 Å². The number of alkyl halides is 1. The van der Waals surface area contributed by atoms with Gasteiger partial charge in [0, 0.05) is 60.3 Å². The predicted octanol–water partition coefficient (Wildman–Crippen LogP) is 6.24. The van der Waals surface area contributed by atoms with E-state index in [9.17, 15) is 23.9 Å². The molecule has 3 heterocycles. The van der Waals surface area contributed by atoms with Crippen molar-refractivity contribution in [1.29, 1.82) is 0 Å². The Labute approximate surface area is 288 Å². The number of carbonyl (C=O) groups excluding carboxylic acids is 2. The molecule has 2 aromatic heterocycles. The molecule has 256 valence electrons. The first-order chi connectivity index (χ1) is 23.7. The molecule has 0 unspecified atom stereocenters. The summed E-state index contributed by atoms with van der Waals surface area (Å²) in [4.78, 5) is 46.6. The lowest BCUT2D eigenvalue weighted by atomic mass is 9.97. The molecule has 1 atom stereocenters. The molecule has 0 spiro atoms. The van der Waals surface area contributed by atoms with E-state index in [-0.39, 0.29) is 37.4 Å². The monoisotopic (exact) mass is 688 g/mol. The number of nitrogens with one attached hydrogen (secondary N) is 3. The average molecular weight is 689 g/mol. The molecule has 4 aromatic rings. The van der Waals surface area contributed by atoms with Crippen LogP contribution in [-0.2, 0) is 17.9 Å². The van der Waals surface area contributed by atoms with Crippen LogP contribution in [0, 0.1) is 6.92 Å². The number of hydrogen-bond donors (Lipinski definition) is 4. The highest BCUT2D eigenvalue weighted by atomic mass is 35.5. The Hall–Kier alpha value is -5.07. The van der Waals surface area contributed by atoms with Crippen molar-refractivity contribution in [2.75, 3.05) is 32.2 Å². The third-order valence-corrected chi connectivity index (χ3v) is 8.73. The Balaban J connectivity index is 1.30. The van der Waals surface area contributed by atoms with Crippen molar-refractivity contribution < 1.29 is 28.6 Å². The molecule has 49 heavy (non-hydrogen) atoms. The van der Waals surface area contributed by atoms with E-state index in [1.54, 1.807) is 31.5 Å². The third-order valence-electron chi connectivity index (χ3n) is 8.35. The summed E-state index contributed by atoms with van der Waals surface area (Å²) >= 11 is 6.97. The van der Waals surface area contributed by atoms with Crippen molar-refractivity contribution >= 4 is 35.2 Å². The van der Waals surface area contributed by atoms with Gasteiger partial charge in [0.1, 0.15) is 11.4 Å². The fourth-order valence-electron chi connectivity index (χ4n) is 5.72. The van der Waals surface area contributed by atoms with Crippen molar-refractivity contribution in [3.8, 4) is 28.1 Å². The van der Waals surface area contributed by atoms with Crippen LogP contribution in [-0.4, -0.2) is 70.8 Å². The van der Waals surface area contributed by atoms with Gasteiger partial charge in [0.25, 0.3) is 5.91 Å². The number of carboxylic acid groups (broad SMARTS) is 1. The summed E-state index contributed by atoms with van der Waals surface area (Å²) in [6.45, 7) is 2.86. The van der Waals surface area contributed by atoms with Crippen molar-refractivity contribution in [1.82, 2.24) is 25.5 Å². The molecular weight excluding hydrogens is 651 g/mol. The zero-order valence-electron chi connectivity index (χ0n) is 27.3. The Morgan fingerprint density at radius 2 is 1.98 bits per heavy atom. The summed E-state index contributed by atoms with van der Waals surface area (Å²) < 4.78 is 18.1. The molecule has 4 N–H and O–H groups in total. The van der Waals surface area contributed by atoms with Gasteiger partial charge >= 0.3 is 6.09 Å². The molecule has 5 rings (SSSR count). The maximum Gasteiger partial charge on any atom is 0.407 e. The molecule has 0 radical (unpaired) electrons. The number of benzene rings is 2. The van der Waals surface area contributed by atoms with Gasteiger partial charge in [-0.05, 0) is 67.3 Å². The third kappa shape index (κ3) is 8.70. The van der Waals surface area contributed by atoms with Gasteiger partial charge in [0.05, 0.1) is 31.0 Å². The number of amides is 3. The maximum atomic E-state index is 13.2. The van der Waals surface area contributed by atoms with Crippen LogP contribution in [0.15, 0.2) is 67.0 Å². The Morgan fingerprint density at radius 1 is 1.14 bits per heavy atom. The van der Waals surface area contributed by atoms with Crippen LogP contribution >= 0.6 is 11.6 Å². The lowest BCUT2D eigenvalue weighted by Gasteiger charge is -2.22. The molecule has 0 aliphatic carbocycles. The summed E-state index contributed by atoms with van der Waals surface area (Å²) in [6, 6.07) is 16.1. The number of rotatable bonds is 14. The second-order valence-electron chi connectivity index (χ2n) is 11.7. The summed E-state index contributed by atoms with van der Waals surface area (Å²) in [5, 5.41) is 19.0. The van der Waals surface area contributed by atoms with E-state index >= 15 is 0 Å². The van der Waals surface area contributed by atoms with Crippen LogP contribution in [0.3, 0.4) is 0 Å². The molecule has 0 saturated carbocycles. The highest BCUT2D eigenvalue weighted by molar-refractivity contribution is 6.35. The minimum absolute atomic E-state index is 0.0716. The number of carbonyl (C=O) groups is 3. The fraction of sp³-hybridized carbons (Fsp3) is 0.306. The Morgan fingerprint density at radius 3 is 2.67 bits per heavy atom. The smallest absolute Gasteiger partial charge is 0.407 e. The van der Waals surface area contributed by atoms with Crippen LogP contribution < -0.4 is 20.7 Å². The van der Waals surface area contributed by atoms with E-state index < -0.39 is 12.0 Å². The van der Waals surface area contributed by atoms with Crippen molar-refractivity contribution in [2.24, 2.45) is 0 Å². The SMILES string of the molecule is COc1cc(-c2nccc(-c3cccc(NC(=O)c4ccc(CN(C[C@@H]5CCC(=O)N5)C(=O)O)cn4)c3C)c2Cl)ccc1CNCCCF. The fourth-order valence-corrected chi connectivity index (χ4v) is 6.04. The van der Waals surface area contributed by atoms with E-state index in [4.69, 9.17) is 16.3 Å². The first-order valence-corrected chi connectivity index (χ1v) is 16.3. The van der Waals surface area contributed by atoms with Gasteiger partial charge in [-0.25, -0.2) is 4.79 Å². The number of halogens is 2. The molecule has 0 bridgehead atoms. The molecule has 1 fully saturated rings. The highest BCUT2D eigenvalue weighted by Crippen LogP contribution is 2.39. The molecule has 1 aliphatic heterocycles. The van der Waals surface area contributed by atoms with E-state index in [0.717, 1.165) is 27.8 Å². The van der Waals surface area contributed by atoms with Crippen LogP contribution in [0.2, 0.25) is 5.02 Å². The van der Waals surface area contributed by atoms with Crippen molar-refractivity contribution in [3.63, 3.8) is 0 Å². The van der Waals surface area contributed by atoms with E-state index in [0.29, 0.717) is 60.1 Å². The van der Waals surface area contributed by atoms with Gasteiger partial charge in [0.15, 0.2) is 0 Å². The van der Waals surface area contributed by atoms with Crippen LogP contribution in [0.25, 0.3) is 22.4 Å². The van der Waals surface area contributed by atoms with Gasteiger partial charge in [-0.2, -0.15) is 0 Å². The molecule has 13 heteroatoms. The Kier molecular flexibility index (Phi) is 11.8. The summed E-state index contributed by atoms with van der Waals surface area (Å²) in [7, 11) is 1.59. The number of methoxy groups -OCH3 is 1. The van der Waals surface area contributed by atoms with Crippen LogP contribution in [0.5, 0.6) is 5.75 Å². The van der Waals surface area contributed by atoms with Crippen LogP contribution in [0.1, 0.15) is 46.4 Å². The summed E-state index contributed by atoms with van der Waals surface area (Å²) in [5.41, 5.74) is 5.95. The van der Waals surface area contributed by atoms with E-state index in [1.807, 2.05) is 43.3 Å². The quantitative estimate of drug-likeness (QED) is 0.114. The first-order valence-electron chi connectivity index (χ1n) is 15.9. The molecular formula is C36H38ClFN6O5. The maximum absolute atomic E-state index is 13.2. The average Bonchev–Trinajstić information content (AvgIpc) is 3.52. The summed E-state index contributed by atoms with van der Waals surface area (Å²) in [6.07, 6.45) is 3.47. The standard InChI is InChI=1S/C36H38ClFN6O5/c1-22-27(28-13-16-40-34(33(28)37)24-8-9-25(31(17-24)49-2)19-39-15-4-14-38)5-3-6-29(22)43-35(46)30-11-7-23(18-41-30)20-44(36(47)48)21-26-10-12-32(45)42-26/h3,5-9,11,13,16-18,26,39H,4,10,12,14-15,19-21H2,1-2H3,(H,42,45)(H,43,46)(H,47,48)/t26-/m0/s1. The minimum Gasteiger partial charge on any atom is -0.496 e.